The van der Waals surface area contributed by atoms with E-state index in [1.165, 1.54) is 0 Å². The average molecular weight is 612 g/mol. The van der Waals surface area contributed by atoms with Crippen molar-refractivity contribution in [3.8, 4) is 0 Å². The van der Waals surface area contributed by atoms with E-state index >= 15 is 0 Å². The van der Waals surface area contributed by atoms with Crippen LogP contribution in [-0.4, -0.2) is 140 Å². The fourth-order valence-corrected chi connectivity index (χ4v) is 5.09. The maximum atomic E-state index is 12.4. The predicted molar refractivity (Wildman–Crippen MR) is 148 cm³/mol. The van der Waals surface area contributed by atoms with Gasteiger partial charge in [-0.3, -0.25) is 4.79 Å². The quantitative estimate of drug-likeness (QED) is 0.0752. The Morgan fingerprint density at radius 1 is 0.762 bits per heavy atom. The van der Waals surface area contributed by atoms with Crippen LogP contribution in [-0.2, 0) is 23.7 Å². The van der Waals surface area contributed by atoms with E-state index in [2.05, 4.69) is 12.2 Å². The summed E-state index contributed by atoms with van der Waals surface area (Å²) in [4.78, 5) is 12.4. The molecule has 0 radical (unpaired) electrons. The number of nitrogens with one attached hydrogen (secondary N) is 1. The second kappa shape index (κ2) is 19.4. The van der Waals surface area contributed by atoms with Gasteiger partial charge in [-0.2, -0.15) is 0 Å². The number of rotatable bonds is 19. The molecule has 2 saturated heterocycles. The van der Waals surface area contributed by atoms with Crippen LogP contribution >= 0.6 is 0 Å². The topological polar surface area (TPSA) is 228 Å². The first-order valence-corrected chi connectivity index (χ1v) is 15.3. The zero-order valence-corrected chi connectivity index (χ0v) is 24.7. The molecule has 0 bridgehead atoms. The van der Waals surface area contributed by atoms with Crippen molar-refractivity contribution < 1.29 is 64.6 Å². The SMILES string of the molecule is CCCCCCCCC(O)C(COC1OC(CO)C(OC2OC(CO)C(O)C(O)C2O)C(O)C1O)NC(=O)CCCC. The summed E-state index contributed by atoms with van der Waals surface area (Å²) in [6.07, 6.45) is -8.23. The molecule has 0 spiro atoms. The molecule has 0 saturated carbocycles. The van der Waals surface area contributed by atoms with Crippen LogP contribution in [0.1, 0.15) is 78.1 Å². The molecular formula is C28H53NO13. The number of unbranched alkanes of at least 4 members (excludes halogenated alkanes) is 6. The van der Waals surface area contributed by atoms with Crippen LogP contribution in [0.5, 0.6) is 0 Å². The highest BCUT2D eigenvalue weighted by Gasteiger charge is 2.50. The van der Waals surface area contributed by atoms with Crippen molar-refractivity contribution in [2.24, 2.45) is 0 Å². The van der Waals surface area contributed by atoms with Crippen LogP contribution in [0.25, 0.3) is 0 Å². The lowest BCUT2D eigenvalue weighted by molar-refractivity contribution is -0.359. The highest BCUT2D eigenvalue weighted by molar-refractivity contribution is 5.76. The molecule has 2 aliphatic heterocycles. The van der Waals surface area contributed by atoms with E-state index in [9.17, 15) is 45.6 Å². The van der Waals surface area contributed by atoms with Gasteiger partial charge in [0.05, 0.1) is 32.0 Å². The zero-order chi connectivity index (χ0) is 31.2. The molecule has 2 rings (SSSR count). The molecule has 1 amide bonds. The summed E-state index contributed by atoms with van der Waals surface area (Å²) >= 11 is 0. The summed E-state index contributed by atoms with van der Waals surface area (Å²) < 4.78 is 22.2. The van der Waals surface area contributed by atoms with E-state index in [0.717, 1.165) is 44.9 Å². The highest BCUT2D eigenvalue weighted by Crippen LogP contribution is 2.29. The van der Waals surface area contributed by atoms with Gasteiger partial charge in [-0.1, -0.05) is 58.8 Å². The zero-order valence-electron chi connectivity index (χ0n) is 24.7. The first-order chi connectivity index (χ1) is 20.1. The fourth-order valence-electron chi connectivity index (χ4n) is 5.09. The van der Waals surface area contributed by atoms with Crippen LogP contribution < -0.4 is 5.32 Å². The van der Waals surface area contributed by atoms with Gasteiger partial charge in [-0.05, 0) is 12.8 Å². The van der Waals surface area contributed by atoms with Crippen molar-refractivity contribution in [2.75, 3.05) is 19.8 Å². The maximum Gasteiger partial charge on any atom is 0.220 e. The first kappa shape index (κ1) is 37.2. The van der Waals surface area contributed by atoms with Crippen LogP contribution in [0, 0.1) is 0 Å². The fraction of sp³-hybridized carbons (Fsp3) is 0.964. The Morgan fingerprint density at radius 2 is 1.36 bits per heavy atom. The third-order valence-corrected chi connectivity index (χ3v) is 7.82. The smallest absolute Gasteiger partial charge is 0.220 e. The van der Waals surface area contributed by atoms with Gasteiger partial charge in [-0.25, -0.2) is 0 Å². The minimum atomic E-state index is -1.77. The van der Waals surface area contributed by atoms with Crippen LogP contribution in [0.4, 0.5) is 0 Å². The van der Waals surface area contributed by atoms with E-state index in [0.29, 0.717) is 12.8 Å². The van der Waals surface area contributed by atoms with Gasteiger partial charge in [0, 0.05) is 6.42 Å². The third kappa shape index (κ3) is 10.9. The Labute approximate surface area is 247 Å². The minimum Gasteiger partial charge on any atom is -0.394 e. The Balaban J connectivity index is 2.02. The monoisotopic (exact) mass is 611 g/mol. The molecule has 248 valence electrons. The van der Waals surface area contributed by atoms with Crippen molar-refractivity contribution in [1.29, 1.82) is 0 Å². The van der Waals surface area contributed by atoms with Gasteiger partial charge >= 0.3 is 0 Å². The Bertz CT molecular complexity index is 745. The molecule has 14 nitrogen and oxygen atoms in total. The summed E-state index contributed by atoms with van der Waals surface area (Å²) in [6.45, 7) is 2.44. The van der Waals surface area contributed by atoms with Crippen LogP contribution in [0.2, 0.25) is 0 Å². The first-order valence-electron chi connectivity index (χ1n) is 15.3. The van der Waals surface area contributed by atoms with Crippen molar-refractivity contribution in [1.82, 2.24) is 5.32 Å². The number of hydrogen-bond acceptors (Lipinski definition) is 13. The number of ether oxygens (including phenoxy) is 4. The molecule has 2 aliphatic rings. The third-order valence-electron chi connectivity index (χ3n) is 7.82. The van der Waals surface area contributed by atoms with E-state index in [4.69, 9.17) is 18.9 Å². The van der Waals surface area contributed by atoms with E-state index in [1.54, 1.807) is 0 Å². The van der Waals surface area contributed by atoms with E-state index in [1.807, 2.05) is 6.92 Å². The van der Waals surface area contributed by atoms with Gasteiger partial charge in [0.2, 0.25) is 5.91 Å². The summed E-state index contributed by atoms with van der Waals surface area (Å²) in [7, 11) is 0. The number of aliphatic hydroxyl groups is 8. The molecule has 42 heavy (non-hydrogen) atoms. The van der Waals surface area contributed by atoms with Crippen molar-refractivity contribution in [3.63, 3.8) is 0 Å². The standard InChI is InChI=1S/C28H53NO13/c1-3-5-7-8-9-10-11-17(32)16(29-20(33)12-6-4-2)15-39-27-25(38)23(36)26(19(14-31)41-27)42-28-24(37)22(35)21(34)18(13-30)40-28/h16-19,21-28,30-32,34-38H,3-15H2,1-2H3,(H,29,33). The second-order valence-electron chi connectivity index (χ2n) is 11.2. The molecule has 14 heteroatoms. The van der Waals surface area contributed by atoms with Crippen LogP contribution in [0.15, 0.2) is 0 Å². The minimum absolute atomic E-state index is 0.250. The molecule has 12 atom stereocenters. The van der Waals surface area contributed by atoms with Gasteiger partial charge in [0.15, 0.2) is 12.6 Å². The van der Waals surface area contributed by atoms with Gasteiger partial charge in [-0.15, -0.1) is 0 Å². The molecule has 2 heterocycles. The number of aliphatic hydroxyl groups excluding tert-OH is 8. The maximum absolute atomic E-state index is 12.4. The highest BCUT2D eigenvalue weighted by atomic mass is 16.7. The molecule has 0 aromatic carbocycles. The van der Waals surface area contributed by atoms with Crippen molar-refractivity contribution in [2.45, 2.75) is 152 Å². The number of amides is 1. The lowest BCUT2D eigenvalue weighted by atomic mass is 9.97. The predicted octanol–water partition coefficient (Wildman–Crippen LogP) is -1.59. The number of hydrogen-bond donors (Lipinski definition) is 9. The molecule has 12 unspecified atom stereocenters. The summed E-state index contributed by atoms with van der Waals surface area (Å²) in [5.74, 6) is -0.251. The van der Waals surface area contributed by atoms with Crippen LogP contribution in [0.3, 0.4) is 0 Å². The Morgan fingerprint density at radius 3 is 2.00 bits per heavy atom. The number of carbonyl (C=O) groups is 1. The second-order valence-corrected chi connectivity index (χ2v) is 11.2. The molecule has 2 fully saturated rings. The van der Waals surface area contributed by atoms with Gasteiger partial charge in [0.25, 0.3) is 0 Å². The largest absolute Gasteiger partial charge is 0.394 e. The van der Waals surface area contributed by atoms with E-state index in [-0.39, 0.29) is 18.9 Å². The molecular weight excluding hydrogens is 558 g/mol. The molecule has 0 aromatic heterocycles. The molecule has 9 N–H and O–H groups in total. The molecule has 0 aromatic rings. The van der Waals surface area contributed by atoms with Crippen molar-refractivity contribution in [3.05, 3.63) is 0 Å². The summed E-state index contributed by atoms with van der Waals surface area (Å²) in [6, 6.07) is -0.811. The molecule has 0 aliphatic carbocycles. The van der Waals surface area contributed by atoms with Gasteiger partial charge in [0.1, 0.15) is 48.8 Å². The lowest BCUT2D eigenvalue weighted by Gasteiger charge is -2.46. The lowest BCUT2D eigenvalue weighted by Crippen LogP contribution is -2.65. The normalized spacial score (nSPS) is 35.1. The number of carbonyl (C=O) groups excluding carboxylic acids is 1. The average Bonchev–Trinajstić information content (AvgIpc) is 2.98. The Hall–Kier alpha value is -1.01. The van der Waals surface area contributed by atoms with E-state index < -0.39 is 86.8 Å². The van der Waals surface area contributed by atoms with Crippen molar-refractivity contribution >= 4 is 5.91 Å². The summed E-state index contributed by atoms with van der Waals surface area (Å²) in [5.41, 5.74) is 0. The van der Waals surface area contributed by atoms with Gasteiger partial charge < -0.3 is 65.1 Å². The summed E-state index contributed by atoms with van der Waals surface area (Å²) in [5, 5.41) is 84.8. The Kier molecular flexibility index (Phi) is 17.2.